The van der Waals surface area contributed by atoms with Crippen LogP contribution in [0.4, 0.5) is 0 Å². The van der Waals surface area contributed by atoms with Gasteiger partial charge in [-0.15, -0.1) is 0 Å². The molecule has 1 aromatic carbocycles. The van der Waals surface area contributed by atoms with Crippen LogP contribution in [0.3, 0.4) is 0 Å². The summed E-state index contributed by atoms with van der Waals surface area (Å²) in [5, 5.41) is 10.6. The van der Waals surface area contributed by atoms with Crippen molar-refractivity contribution in [3.05, 3.63) is 34.4 Å². The maximum absolute atomic E-state index is 12.6. The Morgan fingerprint density at radius 3 is 2.05 bits per heavy atom. The smallest absolute Gasteiger partial charge is 0.261 e. The molecule has 5 heteroatoms. The summed E-state index contributed by atoms with van der Waals surface area (Å²) in [6.07, 6.45) is 0.886. The van der Waals surface area contributed by atoms with Gasteiger partial charge in [0.05, 0.1) is 23.3 Å². The fourth-order valence-electron chi connectivity index (χ4n) is 3.07. The zero-order valence-corrected chi connectivity index (χ0v) is 12.3. The number of hydrogen-bond acceptors (Lipinski definition) is 4. The zero-order chi connectivity index (χ0) is 15.2. The van der Waals surface area contributed by atoms with Gasteiger partial charge >= 0.3 is 0 Å². The molecule has 0 aromatic heterocycles. The minimum atomic E-state index is -1.03. The van der Waals surface area contributed by atoms with Gasteiger partial charge in [0.15, 0.2) is 0 Å². The molecule has 0 saturated carbocycles. The highest BCUT2D eigenvalue weighted by molar-refractivity contribution is 6.22. The monoisotopic (exact) mass is 289 g/mol. The number of carbonyl (C=O) groups excluding carboxylic acids is 2. The first-order valence-corrected chi connectivity index (χ1v) is 7.19. The molecular weight excluding hydrogens is 270 g/mol. The Kier molecular flexibility index (Phi) is 3.34. The van der Waals surface area contributed by atoms with Crippen molar-refractivity contribution in [1.29, 1.82) is 0 Å². The molecule has 2 heterocycles. The number of amides is 2. The Bertz CT molecular complexity index is 576. The van der Waals surface area contributed by atoms with Gasteiger partial charge < -0.3 is 9.84 Å². The van der Waals surface area contributed by atoms with E-state index in [1.165, 1.54) is 4.90 Å². The summed E-state index contributed by atoms with van der Waals surface area (Å²) in [5.74, 6) is -0.591. The van der Waals surface area contributed by atoms with Crippen LogP contribution >= 0.6 is 0 Å². The molecule has 0 bridgehead atoms. The number of benzene rings is 1. The van der Waals surface area contributed by atoms with Crippen molar-refractivity contribution < 1.29 is 19.4 Å². The number of nitrogens with zero attached hydrogens (tertiary/aromatic N) is 1. The molecule has 3 rings (SSSR count). The molecule has 112 valence electrons. The number of imide groups is 1. The minimum absolute atomic E-state index is 0.0432. The summed E-state index contributed by atoms with van der Waals surface area (Å²) in [6.45, 7) is 4.61. The first kappa shape index (κ1) is 14.2. The maximum Gasteiger partial charge on any atom is 0.261 e. The SMILES string of the molecule is Cc1ccc(C)c2c1C(=O)N(CC1(O)CCOCC1)C2=O. The van der Waals surface area contributed by atoms with E-state index < -0.39 is 5.60 Å². The Balaban J connectivity index is 1.93. The van der Waals surface area contributed by atoms with Gasteiger partial charge in [0.2, 0.25) is 0 Å². The highest BCUT2D eigenvalue weighted by Gasteiger charge is 2.43. The molecule has 0 unspecified atom stereocenters. The predicted molar refractivity (Wildman–Crippen MR) is 76.3 cm³/mol. The molecule has 2 aliphatic rings. The van der Waals surface area contributed by atoms with E-state index >= 15 is 0 Å². The second-order valence-electron chi connectivity index (χ2n) is 5.98. The van der Waals surface area contributed by atoms with E-state index in [2.05, 4.69) is 0 Å². The summed E-state index contributed by atoms with van der Waals surface area (Å²) in [7, 11) is 0. The number of fused-ring (bicyclic) bond motifs is 1. The number of hydrogen-bond donors (Lipinski definition) is 1. The molecule has 0 aliphatic carbocycles. The van der Waals surface area contributed by atoms with Crippen molar-refractivity contribution in [2.45, 2.75) is 32.3 Å². The summed E-state index contributed by atoms with van der Waals surface area (Å²) in [5.41, 5.74) is 1.53. The van der Waals surface area contributed by atoms with Crippen LogP contribution < -0.4 is 0 Å². The fourth-order valence-corrected chi connectivity index (χ4v) is 3.07. The van der Waals surface area contributed by atoms with Gasteiger partial charge in [-0.2, -0.15) is 0 Å². The standard InChI is InChI=1S/C16H19NO4/c1-10-3-4-11(2)13-12(10)14(18)17(15(13)19)9-16(20)5-7-21-8-6-16/h3-4,20H,5-9H2,1-2H3. The lowest BCUT2D eigenvalue weighted by Crippen LogP contribution is -2.48. The molecule has 5 nitrogen and oxygen atoms in total. The van der Waals surface area contributed by atoms with Crippen molar-refractivity contribution in [2.75, 3.05) is 19.8 Å². The van der Waals surface area contributed by atoms with Gasteiger partial charge in [-0.05, 0) is 25.0 Å². The molecule has 0 atom stereocenters. The highest BCUT2D eigenvalue weighted by Crippen LogP contribution is 2.31. The van der Waals surface area contributed by atoms with Crippen LogP contribution in [0.1, 0.15) is 44.7 Å². The van der Waals surface area contributed by atoms with Crippen LogP contribution in [0.2, 0.25) is 0 Å². The van der Waals surface area contributed by atoms with E-state index in [4.69, 9.17) is 4.74 Å². The van der Waals surface area contributed by atoms with Crippen molar-refractivity contribution >= 4 is 11.8 Å². The molecule has 1 saturated heterocycles. The van der Waals surface area contributed by atoms with E-state index in [-0.39, 0.29) is 18.4 Å². The minimum Gasteiger partial charge on any atom is -0.388 e. The van der Waals surface area contributed by atoms with Gasteiger partial charge in [0.1, 0.15) is 0 Å². The number of β-amino-alcohol motifs (C(OH)–C–C–N with tert-alkyl or cyclic N) is 1. The first-order chi connectivity index (χ1) is 9.93. The third kappa shape index (κ3) is 2.26. The van der Waals surface area contributed by atoms with Gasteiger partial charge in [0, 0.05) is 26.1 Å². The van der Waals surface area contributed by atoms with Crippen molar-refractivity contribution in [3.63, 3.8) is 0 Å². The average Bonchev–Trinajstić information content (AvgIpc) is 2.69. The van der Waals surface area contributed by atoms with Crippen molar-refractivity contribution in [2.24, 2.45) is 0 Å². The lowest BCUT2D eigenvalue weighted by atomic mass is 9.94. The first-order valence-electron chi connectivity index (χ1n) is 7.19. The number of aliphatic hydroxyl groups is 1. The van der Waals surface area contributed by atoms with Crippen LogP contribution in [-0.4, -0.2) is 47.2 Å². The molecule has 0 spiro atoms. The number of carbonyl (C=O) groups is 2. The normalized spacial score (nSPS) is 20.8. The molecule has 2 amide bonds. The number of ether oxygens (including phenoxy) is 1. The molecule has 0 radical (unpaired) electrons. The molecular formula is C16H19NO4. The van der Waals surface area contributed by atoms with Gasteiger partial charge in [0.25, 0.3) is 11.8 Å². The van der Waals surface area contributed by atoms with E-state index in [9.17, 15) is 14.7 Å². The Hall–Kier alpha value is -1.72. The second-order valence-corrected chi connectivity index (χ2v) is 5.98. The van der Waals surface area contributed by atoms with Crippen LogP contribution in [0, 0.1) is 13.8 Å². The maximum atomic E-state index is 12.6. The Morgan fingerprint density at radius 2 is 1.57 bits per heavy atom. The van der Waals surface area contributed by atoms with Gasteiger partial charge in [-0.1, -0.05) is 12.1 Å². The average molecular weight is 289 g/mol. The number of rotatable bonds is 2. The lowest BCUT2D eigenvalue weighted by Gasteiger charge is -2.34. The Morgan fingerprint density at radius 1 is 1.10 bits per heavy atom. The molecule has 1 N–H and O–H groups in total. The third-order valence-corrected chi connectivity index (χ3v) is 4.42. The summed E-state index contributed by atoms with van der Waals surface area (Å²) in [6, 6.07) is 3.71. The lowest BCUT2D eigenvalue weighted by molar-refractivity contribution is -0.0722. The van der Waals surface area contributed by atoms with E-state index in [1.807, 2.05) is 26.0 Å². The highest BCUT2D eigenvalue weighted by atomic mass is 16.5. The Labute approximate surface area is 123 Å². The zero-order valence-electron chi connectivity index (χ0n) is 12.3. The van der Waals surface area contributed by atoms with Crippen molar-refractivity contribution in [1.82, 2.24) is 4.90 Å². The summed E-state index contributed by atoms with van der Waals surface area (Å²) < 4.78 is 5.23. The molecule has 2 aliphatic heterocycles. The van der Waals surface area contributed by atoms with Crippen LogP contribution in [0.15, 0.2) is 12.1 Å². The number of aryl methyl sites for hydroxylation is 2. The predicted octanol–water partition coefficient (Wildman–Crippen LogP) is 1.44. The van der Waals surface area contributed by atoms with Crippen LogP contribution in [0.25, 0.3) is 0 Å². The second kappa shape index (κ2) is 4.93. The third-order valence-electron chi connectivity index (χ3n) is 4.42. The van der Waals surface area contributed by atoms with Crippen molar-refractivity contribution in [3.8, 4) is 0 Å². The molecule has 1 aromatic rings. The van der Waals surface area contributed by atoms with Gasteiger partial charge in [-0.3, -0.25) is 14.5 Å². The van der Waals surface area contributed by atoms with Crippen LogP contribution in [-0.2, 0) is 4.74 Å². The topological polar surface area (TPSA) is 66.8 Å². The molecule has 1 fully saturated rings. The van der Waals surface area contributed by atoms with E-state index in [0.717, 1.165) is 11.1 Å². The van der Waals surface area contributed by atoms with E-state index in [0.29, 0.717) is 37.2 Å². The quantitative estimate of drug-likeness (QED) is 0.837. The largest absolute Gasteiger partial charge is 0.388 e. The van der Waals surface area contributed by atoms with Gasteiger partial charge in [-0.25, -0.2) is 0 Å². The van der Waals surface area contributed by atoms with E-state index in [1.54, 1.807) is 0 Å². The summed E-state index contributed by atoms with van der Waals surface area (Å²) >= 11 is 0. The summed E-state index contributed by atoms with van der Waals surface area (Å²) in [4.78, 5) is 26.3. The van der Waals surface area contributed by atoms with Crippen LogP contribution in [0.5, 0.6) is 0 Å². The molecule has 21 heavy (non-hydrogen) atoms. The fraction of sp³-hybridized carbons (Fsp3) is 0.500.